The Morgan fingerprint density at radius 1 is 0.980 bits per heavy atom. The molecule has 0 radical (unpaired) electrons. The van der Waals surface area contributed by atoms with Gasteiger partial charge in [0.25, 0.3) is 5.91 Å². The molecular weight excluding hydrogens is 664 g/mol. The first-order chi connectivity index (χ1) is 23.6. The summed E-state index contributed by atoms with van der Waals surface area (Å²) < 4.78 is 10.3. The molecule has 15 heteroatoms. The van der Waals surface area contributed by atoms with E-state index in [1.54, 1.807) is 20.8 Å². The minimum Gasteiger partial charge on any atom is -0.458 e. The number of carbonyl (C=O) groups excluding carboxylic acids is 6. The van der Waals surface area contributed by atoms with Crippen LogP contribution in [0, 0.1) is 24.7 Å². The number of nitrogens with one attached hydrogen (secondary N) is 5. The van der Waals surface area contributed by atoms with Crippen molar-refractivity contribution in [2.75, 3.05) is 6.54 Å². The molecule has 0 spiro atoms. The van der Waals surface area contributed by atoms with E-state index in [4.69, 9.17) is 9.26 Å². The summed E-state index contributed by atoms with van der Waals surface area (Å²) in [5, 5.41) is 17.3. The van der Waals surface area contributed by atoms with Gasteiger partial charge in [0.2, 0.25) is 23.6 Å². The third-order valence-electron chi connectivity index (χ3n) is 8.03. The van der Waals surface area contributed by atoms with E-state index in [2.05, 4.69) is 44.4 Å². The lowest BCUT2D eigenvalue weighted by Gasteiger charge is -2.29. The minimum absolute atomic E-state index is 0.0120. The van der Waals surface area contributed by atoms with Gasteiger partial charge in [-0.3, -0.25) is 24.0 Å². The molecule has 2 heterocycles. The molecule has 5 N–H and O–H groups in total. The number of aryl methyl sites for hydroxylation is 1. The van der Waals surface area contributed by atoms with Gasteiger partial charge in [0.15, 0.2) is 5.69 Å². The monoisotopic (exact) mass is 712 g/mol. The van der Waals surface area contributed by atoms with Gasteiger partial charge in [-0.15, -0.1) is 12.6 Å². The van der Waals surface area contributed by atoms with Crippen molar-refractivity contribution in [2.24, 2.45) is 17.8 Å². The van der Waals surface area contributed by atoms with Crippen LogP contribution >= 0.6 is 12.6 Å². The van der Waals surface area contributed by atoms with Gasteiger partial charge >= 0.3 is 5.97 Å². The second-order valence-corrected chi connectivity index (χ2v) is 13.7. The average molecular weight is 713 g/mol. The predicted molar refractivity (Wildman–Crippen MR) is 187 cm³/mol. The van der Waals surface area contributed by atoms with Crippen LogP contribution in [0.25, 0.3) is 0 Å². The highest BCUT2D eigenvalue weighted by molar-refractivity contribution is 7.84. The first-order valence-corrected chi connectivity index (χ1v) is 17.1. The van der Waals surface area contributed by atoms with E-state index in [1.165, 1.54) is 19.1 Å². The molecular formula is C35H48N6O8S. The van der Waals surface area contributed by atoms with Gasteiger partial charge in [0.05, 0.1) is 6.04 Å². The first kappa shape index (κ1) is 39.8. The molecule has 2 aromatic rings. The van der Waals surface area contributed by atoms with E-state index < -0.39 is 59.7 Å². The topological polar surface area (TPSA) is 198 Å². The zero-order valence-corrected chi connectivity index (χ0v) is 30.2. The van der Waals surface area contributed by atoms with Crippen LogP contribution in [0.2, 0.25) is 0 Å². The molecule has 0 bridgehead atoms. The van der Waals surface area contributed by atoms with Crippen LogP contribution in [-0.2, 0) is 35.3 Å². The van der Waals surface area contributed by atoms with Gasteiger partial charge in [0, 0.05) is 29.5 Å². The van der Waals surface area contributed by atoms with Gasteiger partial charge in [0.1, 0.15) is 30.5 Å². The summed E-state index contributed by atoms with van der Waals surface area (Å²) in [6, 6.07) is 6.64. The van der Waals surface area contributed by atoms with Crippen molar-refractivity contribution in [3.05, 3.63) is 64.4 Å². The molecule has 1 aliphatic heterocycles. The van der Waals surface area contributed by atoms with Gasteiger partial charge in [-0.2, -0.15) is 0 Å². The van der Waals surface area contributed by atoms with Crippen molar-refractivity contribution in [3.8, 4) is 0 Å². The molecule has 1 saturated heterocycles. The summed E-state index contributed by atoms with van der Waals surface area (Å²) >= 11 is 4.53. The van der Waals surface area contributed by atoms with Crippen molar-refractivity contribution < 1.29 is 38.0 Å². The molecule has 5 amide bonds. The third kappa shape index (κ3) is 12.3. The van der Waals surface area contributed by atoms with Crippen LogP contribution in [-0.4, -0.2) is 71.4 Å². The number of ether oxygens (including phenoxy) is 1. The third-order valence-corrected chi connectivity index (χ3v) is 8.48. The highest BCUT2D eigenvalue weighted by atomic mass is 32.1. The molecule has 50 heavy (non-hydrogen) atoms. The van der Waals surface area contributed by atoms with Crippen LogP contribution in [0.1, 0.15) is 75.7 Å². The van der Waals surface area contributed by atoms with Gasteiger partial charge in [-0.25, -0.2) is 4.79 Å². The smallest absolute Gasteiger partial charge is 0.331 e. The summed E-state index contributed by atoms with van der Waals surface area (Å²) in [5.74, 6) is -3.61. The van der Waals surface area contributed by atoms with Crippen molar-refractivity contribution in [1.29, 1.82) is 0 Å². The Bertz CT molecular complexity index is 1540. The first-order valence-electron chi connectivity index (χ1n) is 16.7. The lowest BCUT2D eigenvalue weighted by Crippen LogP contribution is -2.58. The summed E-state index contributed by atoms with van der Waals surface area (Å²) in [7, 11) is 0. The fraction of sp³-hybridized carbons (Fsp3) is 0.514. The van der Waals surface area contributed by atoms with Crippen LogP contribution in [0.4, 0.5) is 0 Å². The molecule has 3 rings (SSSR count). The summed E-state index contributed by atoms with van der Waals surface area (Å²) in [4.78, 5) is 78.3. The Kier molecular flexibility index (Phi) is 15.1. The molecule has 1 aromatic carbocycles. The SMILES string of the molecule is Cc1cc(C(=O)N[C@@H](C)C(=O)N[C@H](C(=O)N[C@@H](CC(C)C)C(=O)N[C@@H](C[C@@H]2CCNC2=O)/C(S)=C/C(=O)OCc2ccccc2)C(C)C)no1. The van der Waals surface area contributed by atoms with Gasteiger partial charge in [-0.1, -0.05) is 63.2 Å². The molecule has 5 atom stereocenters. The minimum atomic E-state index is -1.05. The summed E-state index contributed by atoms with van der Waals surface area (Å²) in [6.45, 7) is 10.9. The van der Waals surface area contributed by atoms with Gasteiger partial charge < -0.3 is 35.8 Å². The molecule has 1 fully saturated rings. The molecule has 14 nitrogen and oxygen atoms in total. The van der Waals surface area contributed by atoms with E-state index in [-0.39, 0.29) is 47.8 Å². The van der Waals surface area contributed by atoms with Crippen molar-refractivity contribution >= 4 is 48.1 Å². The molecule has 0 saturated carbocycles. The molecule has 1 aromatic heterocycles. The number of esters is 1. The number of nitrogens with zero attached hydrogens (tertiary/aromatic N) is 1. The number of carbonyl (C=O) groups is 6. The number of hydrogen-bond donors (Lipinski definition) is 6. The number of aromatic nitrogens is 1. The maximum Gasteiger partial charge on any atom is 0.331 e. The van der Waals surface area contributed by atoms with Crippen LogP contribution in [0.15, 0.2) is 51.9 Å². The number of benzene rings is 1. The highest BCUT2D eigenvalue weighted by Crippen LogP contribution is 2.23. The largest absolute Gasteiger partial charge is 0.458 e. The Labute approximate surface area is 297 Å². The zero-order chi connectivity index (χ0) is 37.0. The number of thiol groups is 1. The van der Waals surface area contributed by atoms with E-state index in [1.807, 2.05) is 44.2 Å². The summed E-state index contributed by atoms with van der Waals surface area (Å²) in [5.41, 5.74) is 0.810. The fourth-order valence-electron chi connectivity index (χ4n) is 5.26. The normalized spacial score (nSPS) is 16.9. The molecule has 0 unspecified atom stereocenters. The van der Waals surface area contributed by atoms with E-state index in [9.17, 15) is 28.8 Å². The van der Waals surface area contributed by atoms with Crippen molar-refractivity contribution in [1.82, 2.24) is 31.7 Å². The van der Waals surface area contributed by atoms with Crippen LogP contribution in [0.5, 0.6) is 0 Å². The number of amides is 5. The fourth-order valence-corrected chi connectivity index (χ4v) is 5.53. The van der Waals surface area contributed by atoms with Crippen LogP contribution < -0.4 is 26.6 Å². The van der Waals surface area contributed by atoms with E-state index in [0.717, 1.165) is 5.56 Å². The summed E-state index contributed by atoms with van der Waals surface area (Å²) in [6.07, 6.45) is 2.14. The van der Waals surface area contributed by atoms with Crippen molar-refractivity contribution in [2.45, 2.75) is 91.6 Å². The Balaban J connectivity index is 1.72. The quantitative estimate of drug-likeness (QED) is 0.0810. The molecule has 1 aliphatic rings. The van der Waals surface area contributed by atoms with E-state index >= 15 is 0 Å². The Morgan fingerprint density at radius 3 is 2.24 bits per heavy atom. The lowest BCUT2D eigenvalue weighted by atomic mass is 9.96. The maximum atomic E-state index is 13.8. The predicted octanol–water partition coefficient (Wildman–Crippen LogP) is 2.34. The van der Waals surface area contributed by atoms with Crippen LogP contribution in [0.3, 0.4) is 0 Å². The average Bonchev–Trinajstić information content (AvgIpc) is 3.69. The van der Waals surface area contributed by atoms with Gasteiger partial charge in [-0.05, 0) is 50.5 Å². The Hall–Kier alpha value is -4.66. The Morgan fingerprint density at radius 2 is 1.66 bits per heavy atom. The zero-order valence-electron chi connectivity index (χ0n) is 29.3. The van der Waals surface area contributed by atoms with Crippen molar-refractivity contribution in [3.63, 3.8) is 0 Å². The molecule has 0 aliphatic carbocycles. The number of hydrogen-bond acceptors (Lipinski definition) is 10. The standard InChI is InChI=1S/C35H48N6O8S/c1-19(2)14-26(39-35(47)30(20(3)4)40-31(43)22(6)37-34(46)27-15-21(5)49-41-27)33(45)38-25(16-24-12-13-36-32(24)44)28(50)17-29(42)48-18-23-10-8-7-9-11-23/h7-11,15,17,19-20,22,24-26,30,50H,12-14,16,18H2,1-6H3,(H,36,44)(H,37,46)(H,38,45)(H,39,47)(H,40,43)/b28-17-/t22-,24-,25-,26-,30-/m0/s1. The second kappa shape index (κ2) is 18.9. The lowest BCUT2D eigenvalue weighted by molar-refractivity contribution is -0.139. The maximum absolute atomic E-state index is 13.8. The number of rotatable bonds is 17. The van der Waals surface area contributed by atoms with E-state index in [0.29, 0.717) is 18.7 Å². The highest BCUT2D eigenvalue weighted by Gasteiger charge is 2.34. The second-order valence-electron chi connectivity index (χ2n) is 13.2. The molecule has 272 valence electrons.